The molecule has 0 N–H and O–H groups in total. The summed E-state index contributed by atoms with van der Waals surface area (Å²) in [6.07, 6.45) is 1.84. The molecule has 7 heteroatoms. The number of likely N-dealkylation sites (N-methyl/N-ethyl adjacent to an activating group) is 1. The van der Waals surface area contributed by atoms with Crippen molar-refractivity contribution in [2.75, 3.05) is 44.7 Å². The van der Waals surface area contributed by atoms with Crippen LogP contribution < -0.4 is 4.90 Å². The maximum Gasteiger partial charge on any atom is 0.223 e. The van der Waals surface area contributed by atoms with Crippen LogP contribution in [0.1, 0.15) is 31.1 Å². The Kier molecular flexibility index (Phi) is 5.27. The zero-order valence-electron chi connectivity index (χ0n) is 17.7. The van der Waals surface area contributed by atoms with E-state index in [1.54, 1.807) is 6.92 Å². The molecular formula is C22H29N5O2. The predicted octanol–water partition coefficient (Wildman–Crippen LogP) is 2.38. The third-order valence-electron chi connectivity index (χ3n) is 6.02. The third kappa shape index (κ3) is 3.97. The highest BCUT2D eigenvalue weighted by molar-refractivity contribution is 5.94. The average molecular weight is 396 g/mol. The van der Waals surface area contributed by atoms with Crippen LogP contribution in [-0.4, -0.2) is 65.5 Å². The average Bonchev–Trinajstić information content (AvgIpc) is 3.18. The van der Waals surface area contributed by atoms with Crippen LogP contribution in [0.2, 0.25) is 0 Å². The summed E-state index contributed by atoms with van der Waals surface area (Å²) in [5, 5.41) is 3.96. The van der Waals surface area contributed by atoms with E-state index in [0.29, 0.717) is 19.0 Å². The fraction of sp³-hybridized carbons (Fsp3) is 0.500. The smallest absolute Gasteiger partial charge is 0.223 e. The van der Waals surface area contributed by atoms with E-state index in [9.17, 15) is 4.79 Å². The minimum absolute atomic E-state index is 0.162. The number of piperazine rings is 1. The molecule has 2 aromatic rings. The van der Waals surface area contributed by atoms with E-state index >= 15 is 0 Å². The number of hydrogen-bond donors (Lipinski definition) is 0. The van der Waals surface area contributed by atoms with Gasteiger partial charge in [0, 0.05) is 63.0 Å². The predicted molar refractivity (Wildman–Crippen MR) is 112 cm³/mol. The second-order valence-electron chi connectivity index (χ2n) is 8.48. The van der Waals surface area contributed by atoms with E-state index in [0.717, 1.165) is 37.7 Å². The van der Waals surface area contributed by atoms with Gasteiger partial charge < -0.3 is 9.42 Å². The lowest BCUT2D eigenvalue weighted by molar-refractivity contribution is -0.116. The van der Waals surface area contributed by atoms with Crippen molar-refractivity contribution in [3.63, 3.8) is 0 Å². The molecule has 29 heavy (non-hydrogen) atoms. The molecule has 2 aliphatic rings. The van der Waals surface area contributed by atoms with Crippen molar-refractivity contribution in [1.82, 2.24) is 19.9 Å². The van der Waals surface area contributed by atoms with E-state index in [1.807, 2.05) is 19.2 Å². The van der Waals surface area contributed by atoms with Crippen LogP contribution >= 0.6 is 0 Å². The monoisotopic (exact) mass is 395 g/mol. The molecule has 0 radical (unpaired) electrons. The molecule has 0 atom stereocenters. The maximum absolute atomic E-state index is 12.8. The van der Waals surface area contributed by atoms with E-state index in [2.05, 4.69) is 56.9 Å². The van der Waals surface area contributed by atoms with Crippen molar-refractivity contribution >= 4 is 11.5 Å². The Balaban J connectivity index is 1.35. The number of benzene rings is 1. The van der Waals surface area contributed by atoms with Gasteiger partial charge >= 0.3 is 0 Å². The summed E-state index contributed by atoms with van der Waals surface area (Å²) < 4.78 is 5.04. The Bertz CT molecular complexity index is 925. The standard InChI is InChI=1S/C22H29N5O2/c1-16-23-21(24-29-16)15-27-11-9-26(10-12-27)14-17(28)13-20-22(2,3)18-7-5-6-8-19(18)25(20)4/h5-8,13H,9-12,14-15H2,1-4H3/b20-13-. The van der Waals surface area contributed by atoms with Gasteiger partial charge in [0.05, 0.1) is 13.1 Å². The van der Waals surface area contributed by atoms with Crippen molar-refractivity contribution in [1.29, 1.82) is 0 Å². The lowest BCUT2D eigenvalue weighted by Crippen LogP contribution is -2.47. The third-order valence-corrected chi connectivity index (χ3v) is 6.02. The molecule has 7 nitrogen and oxygen atoms in total. The number of allylic oxidation sites excluding steroid dienone is 1. The normalized spacial score (nSPS) is 21.0. The molecule has 3 heterocycles. The second-order valence-corrected chi connectivity index (χ2v) is 8.48. The Morgan fingerprint density at radius 2 is 1.86 bits per heavy atom. The zero-order chi connectivity index (χ0) is 20.6. The number of rotatable bonds is 5. The first-order valence-corrected chi connectivity index (χ1v) is 10.2. The molecular weight excluding hydrogens is 366 g/mol. The topological polar surface area (TPSA) is 65.7 Å². The summed E-state index contributed by atoms with van der Waals surface area (Å²) >= 11 is 0. The van der Waals surface area contributed by atoms with Crippen molar-refractivity contribution in [2.45, 2.75) is 32.7 Å². The number of nitrogens with zero attached hydrogens (tertiary/aromatic N) is 5. The van der Waals surface area contributed by atoms with Crippen LogP contribution in [-0.2, 0) is 16.8 Å². The number of para-hydroxylation sites is 1. The highest BCUT2D eigenvalue weighted by atomic mass is 16.5. The van der Waals surface area contributed by atoms with Gasteiger partial charge in [-0.25, -0.2) is 0 Å². The van der Waals surface area contributed by atoms with Gasteiger partial charge in [-0.05, 0) is 11.6 Å². The van der Waals surface area contributed by atoms with Gasteiger partial charge in [0.15, 0.2) is 11.6 Å². The fourth-order valence-corrected chi connectivity index (χ4v) is 4.39. The van der Waals surface area contributed by atoms with Gasteiger partial charge in [-0.15, -0.1) is 0 Å². The van der Waals surface area contributed by atoms with Crippen molar-refractivity contribution in [3.8, 4) is 0 Å². The minimum atomic E-state index is -0.164. The molecule has 0 aliphatic carbocycles. The van der Waals surface area contributed by atoms with Crippen LogP contribution in [0.5, 0.6) is 0 Å². The van der Waals surface area contributed by atoms with Crippen LogP contribution in [0, 0.1) is 6.92 Å². The molecule has 1 saturated heterocycles. The Hall–Kier alpha value is -2.51. The van der Waals surface area contributed by atoms with Gasteiger partial charge in [0.25, 0.3) is 0 Å². The SMILES string of the molecule is Cc1nc(CN2CCN(CC(=O)/C=C3\N(C)c4ccccc4C3(C)C)CC2)no1. The molecule has 0 amide bonds. The van der Waals surface area contributed by atoms with E-state index in [1.165, 1.54) is 11.3 Å². The fourth-order valence-electron chi connectivity index (χ4n) is 4.39. The van der Waals surface area contributed by atoms with Crippen LogP contribution in [0.3, 0.4) is 0 Å². The summed E-state index contributed by atoms with van der Waals surface area (Å²) in [6, 6.07) is 8.38. The number of anilines is 1. The molecule has 1 aromatic carbocycles. The second kappa shape index (κ2) is 7.72. The number of aromatic nitrogens is 2. The van der Waals surface area contributed by atoms with E-state index in [4.69, 9.17) is 4.52 Å². The van der Waals surface area contributed by atoms with E-state index < -0.39 is 0 Å². The summed E-state index contributed by atoms with van der Waals surface area (Å²) in [4.78, 5) is 23.8. The number of carbonyl (C=O) groups is 1. The maximum atomic E-state index is 12.8. The van der Waals surface area contributed by atoms with Crippen LogP contribution in [0.4, 0.5) is 5.69 Å². The van der Waals surface area contributed by atoms with Gasteiger partial charge in [-0.3, -0.25) is 14.6 Å². The Morgan fingerprint density at radius 3 is 2.52 bits per heavy atom. The van der Waals surface area contributed by atoms with Crippen molar-refractivity contribution < 1.29 is 9.32 Å². The lowest BCUT2D eigenvalue weighted by atomic mass is 9.83. The molecule has 0 saturated carbocycles. The molecule has 0 unspecified atom stereocenters. The molecule has 2 aliphatic heterocycles. The highest BCUT2D eigenvalue weighted by Gasteiger charge is 2.38. The lowest BCUT2D eigenvalue weighted by Gasteiger charge is -2.33. The molecule has 0 bridgehead atoms. The van der Waals surface area contributed by atoms with Gasteiger partial charge in [-0.2, -0.15) is 4.98 Å². The Morgan fingerprint density at radius 1 is 1.17 bits per heavy atom. The van der Waals surface area contributed by atoms with Crippen molar-refractivity contribution in [2.24, 2.45) is 0 Å². The van der Waals surface area contributed by atoms with Gasteiger partial charge in [-0.1, -0.05) is 37.2 Å². The molecule has 0 spiro atoms. The number of aryl methyl sites for hydroxylation is 1. The van der Waals surface area contributed by atoms with Crippen LogP contribution in [0.25, 0.3) is 0 Å². The highest BCUT2D eigenvalue weighted by Crippen LogP contribution is 2.46. The van der Waals surface area contributed by atoms with Crippen LogP contribution in [0.15, 0.2) is 40.6 Å². The van der Waals surface area contributed by atoms with Gasteiger partial charge in [0.2, 0.25) is 5.89 Å². The molecule has 154 valence electrons. The summed E-state index contributed by atoms with van der Waals surface area (Å²) in [5.74, 6) is 1.48. The Labute approximate surface area is 172 Å². The number of fused-ring (bicyclic) bond motifs is 1. The molecule has 1 fully saturated rings. The van der Waals surface area contributed by atoms with Gasteiger partial charge in [0.1, 0.15) is 0 Å². The number of ketones is 1. The molecule has 4 rings (SSSR count). The number of carbonyl (C=O) groups excluding carboxylic acids is 1. The first-order valence-electron chi connectivity index (χ1n) is 10.2. The first kappa shape index (κ1) is 19.8. The zero-order valence-corrected chi connectivity index (χ0v) is 17.7. The largest absolute Gasteiger partial charge is 0.347 e. The summed E-state index contributed by atoms with van der Waals surface area (Å²) in [7, 11) is 2.05. The minimum Gasteiger partial charge on any atom is -0.347 e. The number of hydrogen-bond acceptors (Lipinski definition) is 7. The summed E-state index contributed by atoms with van der Waals surface area (Å²) in [5.41, 5.74) is 3.35. The van der Waals surface area contributed by atoms with E-state index in [-0.39, 0.29) is 11.2 Å². The molecule has 1 aromatic heterocycles. The van der Waals surface area contributed by atoms with Crippen molar-refractivity contribution in [3.05, 3.63) is 53.3 Å². The summed E-state index contributed by atoms with van der Waals surface area (Å²) in [6.45, 7) is 10.9. The first-order chi connectivity index (χ1) is 13.8. The quantitative estimate of drug-likeness (QED) is 0.720.